The first-order valence-corrected chi connectivity index (χ1v) is 11.3. The van der Waals surface area contributed by atoms with Crippen LogP contribution in [0, 0.1) is 0 Å². The smallest absolute Gasteiger partial charge is 0.262 e. The zero-order chi connectivity index (χ0) is 20.5. The lowest BCUT2D eigenvalue weighted by Gasteiger charge is -2.15. The molecule has 0 fully saturated rings. The maximum Gasteiger partial charge on any atom is 0.262 e. The number of halogens is 1. The molecule has 0 spiro atoms. The highest BCUT2D eigenvalue weighted by Gasteiger charge is 2.14. The minimum absolute atomic E-state index is 0.0440. The molecular formula is C20H28BrN3O3S. The predicted octanol–water partition coefficient (Wildman–Crippen LogP) is 3.98. The summed E-state index contributed by atoms with van der Waals surface area (Å²) in [5, 5.41) is 4.10. The Bertz CT molecular complexity index is 856. The van der Waals surface area contributed by atoms with Crippen molar-refractivity contribution in [3.05, 3.63) is 33.0 Å². The number of carbonyl (C=O) groups excluding carboxylic acids is 1. The quantitative estimate of drug-likeness (QED) is 0.306. The molecule has 8 heteroatoms. The number of fused-ring (bicyclic) bond motifs is 1. The SMILES string of the molecule is CCCCCC(C)NC(=O)CSc1nc2ccc(Br)cc2c(=O)n1CCOC. The van der Waals surface area contributed by atoms with Gasteiger partial charge in [0.25, 0.3) is 5.56 Å². The summed E-state index contributed by atoms with van der Waals surface area (Å²) in [5.41, 5.74) is 0.497. The fourth-order valence-electron chi connectivity index (χ4n) is 2.88. The van der Waals surface area contributed by atoms with Gasteiger partial charge < -0.3 is 10.1 Å². The van der Waals surface area contributed by atoms with E-state index in [9.17, 15) is 9.59 Å². The summed E-state index contributed by atoms with van der Waals surface area (Å²) in [7, 11) is 1.59. The van der Waals surface area contributed by atoms with Crippen LogP contribution in [-0.2, 0) is 16.1 Å². The summed E-state index contributed by atoms with van der Waals surface area (Å²) in [6.45, 7) is 4.98. The molecule has 2 rings (SSSR count). The molecule has 1 amide bonds. The zero-order valence-electron chi connectivity index (χ0n) is 16.7. The lowest BCUT2D eigenvalue weighted by Crippen LogP contribution is -2.34. The number of methoxy groups -OCH3 is 1. The Labute approximate surface area is 178 Å². The van der Waals surface area contributed by atoms with Crippen molar-refractivity contribution >= 4 is 44.5 Å². The third-order valence-electron chi connectivity index (χ3n) is 4.38. The maximum atomic E-state index is 12.9. The minimum atomic E-state index is -0.126. The average Bonchev–Trinajstić information content (AvgIpc) is 2.66. The van der Waals surface area contributed by atoms with Crippen molar-refractivity contribution in [2.75, 3.05) is 19.5 Å². The van der Waals surface area contributed by atoms with E-state index in [1.165, 1.54) is 24.6 Å². The van der Waals surface area contributed by atoms with Crippen LogP contribution in [0.25, 0.3) is 10.9 Å². The van der Waals surface area contributed by atoms with Gasteiger partial charge in [-0.2, -0.15) is 0 Å². The average molecular weight is 470 g/mol. The molecule has 0 radical (unpaired) electrons. The molecule has 0 aliphatic heterocycles. The highest BCUT2D eigenvalue weighted by atomic mass is 79.9. The Morgan fingerprint density at radius 3 is 2.89 bits per heavy atom. The third-order valence-corrected chi connectivity index (χ3v) is 5.85. The van der Waals surface area contributed by atoms with Crippen molar-refractivity contribution in [2.45, 2.75) is 57.3 Å². The summed E-state index contributed by atoms with van der Waals surface area (Å²) >= 11 is 4.68. The summed E-state index contributed by atoms with van der Waals surface area (Å²) < 4.78 is 7.54. The van der Waals surface area contributed by atoms with Crippen LogP contribution in [0.4, 0.5) is 0 Å². The van der Waals surface area contributed by atoms with E-state index in [1.807, 2.05) is 13.0 Å². The van der Waals surface area contributed by atoms with Gasteiger partial charge in [0.1, 0.15) is 0 Å². The van der Waals surface area contributed by atoms with E-state index < -0.39 is 0 Å². The number of benzene rings is 1. The largest absolute Gasteiger partial charge is 0.383 e. The van der Waals surface area contributed by atoms with Crippen LogP contribution in [-0.4, -0.2) is 41.0 Å². The first-order valence-electron chi connectivity index (χ1n) is 9.57. The molecule has 0 bridgehead atoms. The van der Waals surface area contributed by atoms with Gasteiger partial charge in [-0.1, -0.05) is 53.9 Å². The molecule has 154 valence electrons. The van der Waals surface area contributed by atoms with Gasteiger partial charge in [0, 0.05) is 17.6 Å². The molecule has 0 aliphatic carbocycles. The molecule has 28 heavy (non-hydrogen) atoms. The van der Waals surface area contributed by atoms with E-state index in [-0.39, 0.29) is 23.3 Å². The molecular weight excluding hydrogens is 442 g/mol. The van der Waals surface area contributed by atoms with Gasteiger partial charge in [0.2, 0.25) is 5.91 Å². The number of nitrogens with zero attached hydrogens (tertiary/aromatic N) is 2. The molecule has 2 aromatic rings. The number of hydrogen-bond acceptors (Lipinski definition) is 5. The standard InChI is InChI=1S/C20H28BrN3O3S/c1-4-5-6-7-14(2)22-18(25)13-28-20-23-17-9-8-15(21)12-16(17)19(26)24(20)10-11-27-3/h8-9,12,14H,4-7,10-11,13H2,1-3H3,(H,22,25). The Balaban J connectivity index is 2.13. The van der Waals surface area contributed by atoms with Crippen LogP contribution in [0.3, 0.4) is 0 Å². The Kier molecular flexibility index (Phi) is 9.47. The molecule has 0 aliphatic rings. The van der Waals surface area contributed by atoms with Gasteiger partial charge in [-0.05, 0) is 31.5 Å². The monoisotopic (exact) mass is 469 g/mol. The second kappa shape index (κ2) is 11.6. The van der Waals surface area contributed by atoms with E-state index in [0.717, 1.165) is 17.3 Å². The van der Waals surface area contributed by atoms with Gasteiger partial charge in [-0.15, -0.1) is 0 Å². The van der Waals surface area contributed by atoms with Crippen LogP contribution in [0.15, 0.2) is 32.6 Å². The van der Waals surface area contributed by atoms with Crippen LogP contribution in [0.1, 0.15) is 39.5 Å². The molecule has 0 saturated heterocycles. The predicted molar refractivity (Wildman–Crippen MR) is 118 cm³/mol. The fourth-order valence-corrected chi connectivity index (χ4v) is 4.08. The third kappa shape index (κ3) is 6.60. The first-order chi connectivity index (χ1) is 13.5. The van der Waals surface area contributed by atoms with Crippen molar-refractivity contribution in [1.29, 1.82) is 0 Å². The molecule has 6 nitrogen and oxygen atoms in total. The molecule has 1 aromatic heterocycles. The Hall–Kier alpha value is -1.38. The Morgan fingerprint density at radius 1 is 1.39 bits per heavy atom. The summed E-state index contributed by atoms with van der Waals surface area (Å²) in [6.07, 6.45) is 4.44. The van der Waals surface area contributed by atoms with Gasteiger partial charge in [0.15, 0.2) is 5.16 Å². The van der Waals surface area contributed by atoms with Crippen molar-refractivity contribution < 1.29 is 9.53 Å². The van der Waals surface area contributed by atoms with E-state index in [4.69, 9.17) is 4.74 Å². The van der Waals surface area contributed by atoms with Crippen LogP contribution < -0.4 is 10.9 Å². The molecule has 1 N–H and O–H groups in total. The molecule has 0 saturated carbocycles. The van der Waals surface area contributed by atoms with E-state index in [1.54, 1.807) is 23.8 Å². The molecule has 1 atom stereocenters. The molecule has 1 unspecified atom stereocenters. The summed E-state index contributed by atoms with van der Waals surface area (Å²) in [5.74, 6) is 0.178. The van der Waals surface area contributed by atoms with Crippen LogP contribution in [0.2, 0.25) is 0 Å². The summed E-state index contributed by atoms with van der Waals surface area (Å²) in [4.78, 5) is 29.8. The highest BCUT2D eigenvalue weighted by molar-refractivity contribution is 9.10. The maximum absolute atomic E-state index is 12.9. The number of thioether (sulfide) groups is 1. The fraction of sp³-hybridized carbons (Fsp3) is 0.550. The number of aromatic nitrogens is 2. The van der Waals surface area contributed by atoms with Crippen molar-refractivity contribution in [3.8, 4) is 0 Å². The number of unbranched alkanes of at least 4 members (excludes halogenated alkanes) is 2. The first kappa shape index (κ1) is 22.9. The lowest BCUT2D eigenvalue weighted by atomic mass is 10.1. The van der Waals surface area contributed by atoms with Crippen molar-refractivity contribution in [3.63, 3.8) is 0 Å². The molecule has 1 aromatic carbocycles. The van der Waals surface area contributed by atoms with Gasteiger partial charge >= 0.3 is 0 Å². The summed E-state index contributed by atoms with van der Waals surface area (Å²) in [6, 6.07) is 5.58. The van der Waals surface area contributed by atoms with Crippen LogP contribution >= 0.6 is 27.7 Å². The number of amides is 1. The topological polar surface area (TPSA) is 73.2 Å². The number of carbonyl (C=O) groups is 1. The normalized spacial score (nSPS) is 12.3. The number of ether oxygens (including phenoxy) is 1. The van der Waals surface area contributed by atoms with Gasteiger partial charge in [0.05, 0.1) is 29.8 Å². The van der Waals surface area contributed by atoms with E-state index in [0.29, 0.717) is 29.2 Å². The van der Waals surface area contributed by atoms with Crippen LogP contribution in [0.5, 0.6) is 0 Å². The second-order valence-corrected chi connectivity index (χ2v) is 8.62. The lowest BCUT2D eigenvalue weighted by molar-refractivity contribution is -0.119. The Morgan fingerprint density at radius 2 is 2.18 bits per heavy atom. The highest BCUT2D eigenvalue weighted by Crippen LogP contribution is 2.20. The number of hydrogen-bond donors (Lipinski definition) is 1. The van der Waals surface area contributed by atoms with Gasteiger partial charge in [-0.3, -0.25) is 14.2 Å². The minimum Gasteiger partial charge on any atom is -0.383 e. The second-order valence-electron chi connectivity index (χ2n) is 6.76. The van der Waals surface area contributed by atoms with E-state index in [2.05, 4.69) is 33.2 Å². The van der Waals surface area contributed by atoms with Crippen molar-refractivity contribution in [1.82, 2.24) is 14.9 Å². The van der Waals surface area contributed by atoms with Crippen molar-refractivity contribution in [2.24, 2.45) is 0 Å². The number of nitrogens with one attached hydrogen (secondary N) is 1. The molecule has 1 heterocycles. The van der Waals surface area contributed by atoms with Gasteiger partial charge in [-0.25, -0.2) is 4.98 Å². The zero-order valence-corrected chi connectivity index (χ0v) is 19.1. The number of rotatable bonds is 11. The van der Waals surface area contributed by atoms with E-state index >= 15 is 0 Å².